The molecule has 1 amide bonds. The molecule has 0 bridgehead atoms. The number of anilines is 1. The van der Waals surface area contributed by atoms with Crippen molar-refractivity contribution in [1.82, 2.24) is 9.29 Å². The molecule has 0 saturated heterocycles. The molecule has 0 spiro atoms. The number of halogens is 1. The summed E-state index contributed by atoms with van der Waals surface area (Å²) in [6.07, 6.45) is 4.44. The number of hydrogen-bond donors (Lipinski definition) is 2. The lowest BCUT2D eigenvalue weighted by Crippen LogP contribution is -2.20. The van der Waals surface area contributed by atoms with Gasteiger partial charge in [0.25, 0.3) is 5.56 Å². The third-order valence-corrected chi connectivity index (χ3v) is 6.23. The van der Waals surface area contributed by atoms with E-state index in [2.05, 4.69) is 10.0 Å². The zero-order valence-corrected chi connectivity index (χ0v) is 18.2. The van der Waals surface area contributed by atoms with E-state index in [0.29, 0.717) is 16.3 Å². The van der Waals surface area contributed by atoms with Crippen LogP contribution in [0.4, 0.5) is 5.69 Å². The molecule has 1 aromatic heterocycles. The van der Waals surface area contributed by atoms with Crippen LogP contribution in [0.25, 0.3) is 6.08 Å². The average molecular weight is 458 g/mol. The number of amides is 1. The lowest BCUT2D eigenvalue weighted by atomic mass is 10.2. The Hall–Kier alpha value is -3.20. The summed E-state index contributed by atoms with van der Waals surface area (Å²) in [6, 6.07) is 16.2. The van der Waals surface area contributed by atoms with Crippen LogP contribution in [0.3, 0.4) is 0 Å². The zero-order valence-electron chi connectivity index (χ0n) is 16.6. The van der Waals surface area contributed by atoms with Crippen molar-refractivity contribution < 1.29 is 13.2 Å². The quantitative estimate of drug-likeness (QED) is 0.533. The summed E-state index contributed by atoms with van der Waals surface area (Å²) in [5.41, 5.74) is 1.69. The number of carbonyl (C=O) groups excluding carboxylic acids is 1. The first kappa shape index (κ1) is 22.5. The first-order chi connectivity index (χ1) is 14.8. The van der Waals surface area contributed by atoms with Crippen LogP contribution in [-0.2, 0) is 21.4 Å². The maximum absolute atomic E-state index is 12.3. The molecule has 3 aromatic rings. The van der Waals surface area contributed by atoms with Crippen LogP contribution < -0.4 is 15.6 Å². The van der Waals surface area contributed by atoms with Gasteiger partial charge in [-0.05, 0) is 48.5 Å². The highest BCUT2D eigenvalue weighted by molar-refractivity contribution is 7.89. The van der Waals surface area contributed by atoms with E-state index < -0.39 is 15.9 Å². The zero-order chi connectivity index (χ0) is 22.4. The fourth-order valence-electron chi connectivity index (χ4n) is 2.77. The largest absolute Gasteiger partial charge is 0.321 e. The number of nitrogens with zero attached hydrogens (tertiary/aromatic N) is 1. The molecule has 0 aliphatic rings. The van der Waals surface area contributed by atoms with Crippen LogP contribution in [0.1, 0.15) is 11.1 Å². The van der Waals surface area contributed by atoms with Gasteiger partial charge in [0.1, 0.15) is 0 Å². The third kappa shape index (κ3) is 5.91. The van der Waals surface area contributed by atoms with Crippen LogP contribution >= 0.6 is 11.6 Å². The maximum atomic E-state index is 12.3. The lowest BCUT2D eigenvalue weighted by Gasteiger charge is -2.10. The maximum Gasteiger partial charge on any atom is 0.250 e. The highest BCUT2D eigenvalue weighted by atomic mass is 35.5. The number of pyridine rings is 1. The van der Waals surface area contributed by atoms with Crippen molar-refractivity contribution >= 4 is 39.3 Å². The van der Waals surface area contributed by atoms with Crippen molar-refractivity contribution in [3.63, 3.8) is 0 Å². The lowest BCUT2D eigenvalue weighted by molar-refractivity contribution is -0.111. The molecule has 1 heterocycles. The summed E-state index contributed by atoms with van der Waals surface area (Å²) >= 11 is 6.16. The van der Waals surface area contributed by atoms with Gasteiger partial charge >= 0.3 is 0 Å². The number of sulfonamides is 1. The summed E-state index contributed by atoms with van der Waals surface area (Å²) in [7, 11) is -2.17. The first-order valence-electron chi connectivity index (χ1n) is 9.25. The molecule has 0 radical (unpaired) electrons. The molecule has 0 atom stereocenters. The Morgan fingerprint density at radius 2 is 1.77 bits per heavy atom. The van der Waals surface area contributed by atoms with Crippen LogP contribution in [0.2, 0.25) is 5.02 Å². The monoisotopic (exact) mass is 457 g/mol. The molecule has 160 valence electrons. The number of aromatic nitrogens is 1. The second kappa shape index (κ2) is 9.74. The molecule has 31 heavy (non-hydrogen) atoms. The normalized spacial score (nSPS) is 11.5. The number of benzene rings is 2. The molecule has 2 aromatic carbocycles. The molecular formula is C22H20ClN3O4S. The van der Waals surface area contributed by atoms with E-state index in [-0.39, 0.29) is 17.0 Å². The second-order valence-electron chi connectivity index (χ2n) is 6.57. The van der Waals surface area contributed by atoms with Gasteiger partial charge in [0.05, 0.1) is 17.1 Å². The van der Waals surface area contributed by atoms with Crippen molar-refractivity contribution in [2.75, 3.05) is 12.4 Å². The predicted octanol–water partition coefficient (Wildman–Crippen LogP) is 3.11. The molecule has 0 fully saturated rings. The SMILES string of the molecule is CNS(=O)(=O)c1ccc(/C=C/C(=O)Nc2ccc(=O)n(Cc3ccccc3Cl)c2)cc1. The van der Waals surface area contributed by atoms with Crippen LogP contribution in [0.15, 0.2) is 82.6 Å². The van der Waals surface area contributed by atoms with E-state index in [9.17, 15) is 18.0 Å². The van der Waals surface area contributed by atoms with Gasteiger partial charge in [-0.15, -0.1) is 0 Å². The van der Waals surface area contributed by atoms with E-state index in [0.717, 1.165) is 5.56 Å². The Bertz CT molecular complexity index is 1280. The molecule has 0 unspecified atom stereocenters. The molecule has 9 heteroatoms. The Balaban J connectivity index is 1.69. The standard InChI is InChI=1S/C22H20ClN3O4S/c1-24-31(29,30)19-10-6-16(7-11-19)8-12-21(27)25-18-9-13-22(28)26(15-18)14-17-4-2-3-5-20(17)23/h2-13,15,24H,14H2,1H3,(H,25,27)/b12-8+. The summed E-state index contributed by atoms with van der Waals surface area (Å²) in [5, 5.41) is 3.26. The van der Waals surface area contributed by atoms with Gasteiger partial charge in [0.15, 0.2) is 0 Å². The van der Waals surface area contributed by atoms with Gasteiger partial charge in [0, 0.05) is 23.4 Å². The minimum atomic E-state index is -3.51. The minimum Gasteiger partial charge on any atom is -0.321 e. The highest BCUT2D eigenvalue weighted by Gasteiger charge is 2.10. The van der Waals surface area contributed by atoms with E-state index >= 15 is 0 Å². The van der Waals surface area contributed by atoms with E-state index in [4.69, 9.17) is 11.6 Å². The molecule has 7 nitrogen and oxygen atoms in total. The Labute approximate surface area is 185 Å². The topological polar surface area (TPSA) is 97.3 Å². The van der Waals surface area contributed by atoms with Gasteiger partial charge in [-0.2, -0.15) is 0 Å². The summed E-state index contributed by atoms with van der Waals surface area (Å²) < 4.78 is 27.2. The first-order valence-corrected chi connectivity index (χ1v) is 11.1. The Kier molecular flexibility index (Phi) is 7.06. The third-order valence-electron chi connectivity index (χ3n) is 4.44. The van der Waals surface area contributed by atoms with Gasteiger partial charge in [-0.3, -0.25) is 9.59 Å². The summed E-state index contributed by atoms with van der Waals surface area (Å²) in [4.78, 5) is 24.5. The molecular weight excluding hydrogens is 438 g/mol. The molecule has 3 rings (SSSR count). The van der Waals surface area contributed by atoms with Crippen molar-refractivity contribution in [3.8, 4) is 0 Å². The molecule has 0 aliphatic carbocycles. The average Bonchev–Trinajstić information content (AvgIpc) is 2.76. The summed E-state index contributed by atoms with van der Waals surface area (Å²) in [6.45, 7) is 0.278. The van der Waals surface area contributed by atoms with Gasteiger partial charge < -0.3 is 9.88 Å². The fourth-order valence-corrected chi connectivity index (χ4v) is 3.70. The van der Waals surface area contributed by atoms with Crippen LogP contribution in [0.5, 0.6) is 0 Å². The van der Waals surface area contributed by atoms with Gasteiger partial charge in [0.2, 0.25) is 15.9 Å². The molecule has 0 saturated carbocycles. The number of carbonyl (C=O) groups is 1. The molecule has 2 N–H and O–H groups in total. The van der Waals surface area contributed by atoms with Crippen LogP contribution in [0, 0.1) is 0 Å². The number of nitrogens with one attached hydrogen (secondary N) is 2. The number of rotatable bonds is 7. The van der Waals surface area contributed by atoms with Gasteiger partial charge in [-0.25, -0.2) is 13.1 Å². The van der Waals surface area contributed by atoms with E-state index in [1.165, 1.54) is 42.0 Å². The smallest absolute Gasteiger partial charge is 0.250 e. The predicted molar refractivity (Wildman–Crippen MR) is 122 cm³/mol. The Morgan fingerprint density at radius 3 is 2.45 bits per heavy atom. The van der Waals surface area contributed by atoms with Crippen molar-refractivity contribution in [2.45, 2.75) is 11.4 Å². The van der Waals surface area contributed by atoms with Crippen LogP contribution in [-0.4, -0.2) is 25.9 Å². The van der Waals surface area contributed by atoms with E-state index in [1.807, 2.05) is 18.2 Å². The summed E-state index contributed by atoms with van der Waals surface area (Å²) in [5.74, 6) is -0.394. The van der Waals surface area contributed by atoms with Crippen molar-refractivity contribution in [2.24, 2.45) is 0 Å². The molecule has 0 aliphatic heterocycles. The fraction of sp³-hybridized carbons (Fsp3) is 0.0909. The Morgan fingerprint density at radius 1 is 1.06 bits per heavy atom. The van der Waals surface area contributed by atoms with Crippen molar-refractivity contribution in [3.05, 3.63) is 99.4 Å². The second-order valence-corrected chi connectivity index (χ2v) is 8.87. The van der Waals surface area contributed by atoms with Gasteiger partial charge in [-0.1, -0.05) is 41.9 Å². The number of hydrogen-bond acceptors (Lipinski definition) is 4. The highest BCUT2D eigenvalue weighted by Crippen LogP contribution is 2.16. The minimum absolute atomic E-state index is 0.136. The van der Waals surface area contributed by atoms with Crippen molar-refractivity contribution in [1.29, 1.82) is 0 Å². The van der Waals surface area contributed by atoms with E-state index in [1.54, 1.807) is 30.5 Å².